The molecule has 0 saturated carbocycles. The van der Waals surface area contributed by atoms with Crippen LogP contribution >= 0.6 is 34.0 Å². The maximum atomic E-state index is 2.43. The summed E-state index contributed by atoms with van der Waals surface area (Å²) in [5, 5.41) is 7.91. The third kappa shape index (κ3) is 4.80. The second-order valence-electron chi connectivity index (χ2n) is 13.3. The molecule has 0 aliphatic heterocycles. The molecule has 0 bridgehead atoms. The minimum absolute atomic E-state index is 1.13. The molecule has 1 nitrogen and oxygen atoms in total. The zero-order chi connectivity index (χ0) is 34.2. The van der Waals surface area contributed by atoms with E-state index in [4.69, 9.17) is 0 Å². The zero-order valence-corrected chi connectivity index (χ0v) is 30.4. The summed E-state index contributed by atoms with van der Waals surface area (Å²) < 4.78 is 7.93. The van der Waals surface area contributed by atoms with Crippen LogP contribution in [0.2, 0.25) is 0 Å². The van der Waals surface area contributed by atoms with Crippen LogP contribution in [0.15, 0.2) is 176 Å². The number of thiophene rings is 3. The van der Waals surface area contributed by atoms with Gasteiger partial charge in [-0.2, -0.15) is 0 Å². The van der Waals surface area contributed by atoms with E-state index in [0.717, 1.165) is 11.4 Å². The van der Waals surface area contributed by atoms with Crippen LogP contribution in [-0.2, 0) is 0 Å². The molecule has 0 aliphatic rings. The molecule has 0 unspecified atom stereocenters. The molecule has 0 spiro atoms. The molecule has 0 saturated heterocycles. The maximum absolute atomic E-state index is 2.43. The van der Waals surface area contributed by atoms with Gasteiger partial charge in [-0.15, -0.1) is 34.0 Å². The molecule has 11 rings (SSSR count). The number of benzene rings is 8. The van der Waals surface area contributed by atoms with Crippen LogP contribution in [0.5, 0.6) is 0 Å². The predicted octanol–water partition coefficient (Wildman–Crippen LogP) is 15.6. The van der Waals surface area contributed by atoms with Crippen molar-refractivity contribution in [1.82, 2.24) is 0 Å². The molecule has 244 valence electrons. The van der Waals surface area contributed by atoms with E-state index in [-0.39, 0.29) is 0 Å². The van der Waals surface area contributed by atoms with E-state index >= 15 is 0 Å². The summed E-state index contributed by atoms with van der Waals surface area (Å²) >= 11 is 5.60. The van der Waals surface area contributed by atoms with E-state index in [1.54, 1.807) is 0 Å². The van der Waals surface area contributed by atoms with Crippen molar-refractivity contribution in [3.63, 3.8) is 0 Å². The Morgan fingerprint density at radius 2 is 0.692 bits per heavy atom. The Morgan fingerprint density at radius 3 is 1.21 bits per heavy atom. The number of hydrogen-bond donors (Lipinski definition) is 0. The first-order valence-corrected chi connectivity index (χ1v) is 19.9. The van der Waals surface area contributed by atoms with Gasteiger partial charge in [-0.05, 0) is 95.1 Å². The van der Waals surface area contributed by atoms with Gasteiger partial charge in [-0.25, -0.2) is 0 Å². The summed E-state index contributed by atoms with van der Waals surface area (Å²) in [5.74, 6) is 0. The summed E-state index contributed by atoms with van der Waals surface area (Å²) in [7, 11) is 0. The molecular weight excluding hydrogens is 687 g/mol. The highest BCUT2D eigenvalue weighted by molar-refractivity contribution is 7.27. The van der Waals surface area contributed by atoms with Crippen molar-refractivity contribution in [3.05, 3.63) is 176 Å². The van der Waals surface area contributed by atoms with Crippen molar-refractivity contribution in [1.29, 1.82) is 0 Å². The Kier molecular flexibility index (Phi) is 6.84. The van der Waals surface area contributed by atoms with Crippen molar-refractivity contribution in [3.8, 4) is 22.3 Å². The summed E-state index contributed by atoms with van der Waals surface area (Å²) in [6.45, 7) is 0. The molecule has 52 heavy (non-hydrogen) atoms. The van der Waals surface area contributed by atoms with E-state index in [0.29, 0.717) is 0 Å². The maximum Gasteiger partial charge on any atom is 0.0640 e. The van der Waals surface area contributed by atoms with Crippen molar-refractivity contribution in [2.75, 3.05) is 4.90 Å². The summed E-state index contributed by atoms with van der Waals surface area (Å²) in [6.07, 6.45) is 0. The van der Waals surface area contributed by atoms with Crippen LogP contribution in [0, 0.1) is 0 Å². The van der Waals surface area contributed by atoms with Crippen LogP contribution in [0.25, 0.3) is 82.8 Å². The fourth-order valence-corrected chi connectivity index (χ4v) is 11.1. The largest absolute Gasteiger partial charge is 0.309 e. The van der Waals surface area contributed by atoms with Gasteiger partial charge < -0.3 is 4.90 Å². The lowest BCUT2D eigenvalue weighted by atomic mass is 10.0. The quantitative estimate of drug-likeness (QED) is 0.171. The second kappa shape index (κ2) is 11.9. The van der Waals surface area contributed by atoms with Gasteiger partial charge in [0.05, 0.1) is 10.4 Å². The van der Waals surface area contributed by atoms with Crippen molar-refractivity contribution >= 4 is 112 Å². The van der Waals surface area contributed by atoms with Crippen LogP contribution in [-0.4, -0.2) is 0 Å². The van der Waals surface area contributed by atoms with E-state index in [1.165, 1.54) is 88.5 Å². The smallest absolute Gasteiger partial charge is 0.0640 e. The minimum atomic E-state index is 1.13. The Hall–Kier alpha value is -5.78. The van der Waals surface area contributed by atoms with E-state index in [9.17, 15) is 0 Å². The van der Waals surface area contributed by atoms with Crippen LogP contribution < -0.4 is 4.90 Å². The SMILES string of the molecule is c1ccc2c(c1)sc1ccc(-c3ccc(N(c4ccc(-c5ccc6sc7ccccc7c6c5)cc4)c4cccc5c4sc4ccccc45)cc3)cc12. The highest BCUT2D eigenvalue weighted by atomic mass is 32.1. The normalized spacial score (nSPS) is 11.8. The number of nitrogens with zero attached hydrogens (tertiary/aromatic N) is 1. The molecule has 11 aromatic rings. The number of anilines is 3. The Morgan fingerprint density at radius 1 is 0.288 bits per heavy atom. The van der Waals surface area contributed by atoms with Gasteiger partial charge in [-0.1, -0.05) is 103 Å². The molecule has 0 atom stereocenters. The van der Waals surface area contributed by atoms with Gasteiger partial charge in [0.2, 0.25) is 0 Å². The first-order valence-electron chi connectivity index (χ1n) is 17.5. The molecule has 0 aliphatic carbocycles. The number of hydrogen-bond acceptors (Lipinski definition) is 4. The predicted molar refractivity (Wildman–Crippen MR) is 231 cm³/mol. The summed E-state index contributed by atoms with van der Waals surface area (Å²) in [5.41, 5.74) is 8.36. The third-order valence-corrected chi connectivity index (χ3v) is 13.8. The lowest BCUT2D eigenvalue weighted by Crippen LogP contribution is -2.10. The fourth-order valence-electron chi connectivity index (χ4n) is 7.75. The molecule has 0 radical (unpaired) electrons. The van der Waals surface area contributed by atoms with Crippen LogP contribution in [0.1, 0.15) is 0 Å². The zero-order valence-electron chi connectivity index (χ0n) is 27.9. The molecule has 4 heteroatoms. The first kappa shape index (κ1) is 29.9. The van der Waals surface area contributed by atoms with Gasteiger partial charge in [-0.3, -0.25) is 0 Å². The van der Waals surface area contributed by atoms with E-state index in [2.05, 4.69) is 181 Å². The third-order valence-electron chi connectivity index (χ3n) is 10.3. The van der Waals surface area contributed by atoms with E-state index < -0.39 is 0 Å². The Bertz CT molecular complexity index is 2970. The average molecular weight is 716 g/mol. The average Bonchev–Trinajstić information content (AvgIpc) is 3.90. The van der Waals surface area contributed by atoms with E-state index in [1.807, 2.05) is 34.0 Å². The van der Waals surface area contributed by atoms with Gasteiger partial charge >= 0.3 is 0 Å². The second-order valence-corrected chi connectivity index (χ2v) is 16.5. The molecular formula is C48H29NS3. The summed E-state index contributed by atoms with van der Waals surface area (Å²) in [6, 6.07) is 64.9. The standard InChI is InChI=1S/C48H29NS3/c1-6-15-45-36(8-1)39-11-7-12-42(48(39)52-45)49(34-22-16-30(17-23-34)32-20-26-46-40(28-32)37-9-2-4-13-43(37)50-46)35-24-18-31(19-25-35)33-21-27-47-41(29-33)38-10-3-5-14-44(38)51-47/h1-29H. The molecule has 3 aromatic heterocycles. The number of fused-ring (bicyclic) bond motifs is 9. The topological polar surface area (TPSA) is 3.24 Å². The molecule has 0 N–H and O–H groups in total. The number of rotatable bonds is 5. The van der Waals surface area contributed by atoms with Gasteiger partial charge in [0.25, 0.3) is 0 Å². The highest BCUT2D eigenvalue weighted by Crippen LogP contribution is 2.46. The van der Waals surface area contributed by atoms with Crippen molar-refractivity contribution in [2.45, 2.75) is 0 Å². The van der Waals surface area contributed by atoms with Crippen molar-refractivity contribution < 1.29 is 0 Å². The fraction of sp³-hybridized carbons (Fsp3) is 0. The molecule has 3 heterocycles. The van der Waals surface area contributed by atoms with Gasteiger partial charge in [0.15, 0.2) is 0 Å². The molecule has 0 amide bonds. The molecule has 0 fully saturated rings. The lowest BCUT2D eigenvalue weighted by molar-refractivity contribution is 1.30. The Balaban J connectivity index is 1.03. The lowest BCUT2D eigenvalue weighted by Gasteiger charge is -2.26. The minimum Gasteiger partial charge on any atom is -0.309 e. The van der Waals surface area contributed by atoms with Gasteiger partial charge in [0.1, 0.15) is 0 Å². The highest BCUT2D eigenvalue weighted by Gasteiger charge is 2.19. The summed E-state index contributed by atoms with van der Waals surface area (Å²) in [4.78, 5) is 2.43. The van der Waals surface area contributed by atoms with Crippen LogP contribution in [0.4, 0.5) is 17.1 Å². The monoisotopic (exact) mass is 715 g/mol. The van der Waals surface area contributed by atoms with Gasteiger partial charge in [0, 0.05) is 67.2 Å². The Labute approximate surface area is 312 Å². The van der Waals surface area contributed by atoms with Crippen LogP contribution in [0.3, 0.4) is 0 Å². The first-order chi connectivity index (χ1) is 25.7. The molecule has 8 aromatic carbocycles. The van der Waals surface area contributed by atoms with Crippen molar-refractivity contribution in [2.24, 2.45) is 0 Å².